The number of carbonyl (C=O) groups is 2. The number of nitrogens with zero attached hydrogens (tertiary/aromatic N) is 4. The van der Waals surface area contributed by atoms with E-state index in [9.17, 15) is 9.59 Å². The molecule has 0 fully saturated rings. The van der Waals surface area contributed by atoms with Crippen molar-refractivity contribution in [3.63, 3.8) is 0 Å². The standard InChI is InChI=1S/C22H24N4O3/c1-22(2,3)29-20(27)14-6-8-15(9-7-14)26-13-17-16-10-11-24(4)19(16)23-12-18(17)25(5)21(26)28/h6-12H,13H2,1-5H3. The number of fused-ring (bicyclic) bond motifs is 3. The molecule has 7 heteroatoms. The van der Waals surface area contributed by atoms with Gasteiger partial charge in [0.15, 0.2) is 0 Å². The van der Waals surface area contributed by atoms with Gasteiger partial charge in [-0.25, -0.2) is 14.6 Å². The van der Waals surface area contributed by atoms with E-state index < -0.39 is 5.60 Å². The van der Waals surface area contributed by atoms with Gasteiger partial charge < -0.3 is 9.30 Å². The van der Waals surface area contributed by atoms with Gasteiger partial charge in [-0.3, -0.25) is 9.80 Å². The van der Waals surface area contributed by atoms with Crippen molar-refractivity contribution in [3.8, 4) is 0 Å². The van der Waals surface area contributed by atoms with E-state index in [1.807, 2.05) is 44.6 Å². The van der Waals surface area contributed by atoms with Gasteiger partial charge in [0.05, 0.1) is 24.0 Å². The summed E-state index contributed by atoms with van der Waals surface area (Å²) in [5.74, 6) is -0.381. The number of hydrogen-bond donors (Lipinski definition) is 0. The number of amides is 2. The summed E-state index contributed by atoms with van der Waals surface area (Å²) in [6, 6.07) is 8.82. The Morgan fingerprint density at radius 1 is 1.10 bits per heavy atom. The predicted octanol–water partition coefficient (Wildman–Crippen LogP) is 4.11. The fourth-order valence-corrected chi connectivity index (χ4v) is 3.54. The minimum absolute atomic E-state index is 0.139. The maximum absolute atomic E-state index is 13.0. The molecular formula is C22H24N4O3. The average molecular weight is 392 g/mol. The van der Waals surface area contributed by atoms with Crippen LogP contribution in [0.4, 0.5) is 16.2 Å². The highest BCUT2D eigenvalue weighted by Crippen LogP contribution is 2.35. The summed E-state index contributed by atoms with van der Waals surface area (Å²) in [4.78, 5) is 33.0. The molecular weight excluding hydrogens is 368 g/mol. The van der Waals surface area contributed by atoms with E-state index in [-0.39, 0.29) is 12.0 Å². The molecule has 1 aliphatic heterocycles. The van der Waals surface area contributed by atoms with Crippen LogP contribution in [-0.4, -0.2) is 34.2 Å². The number of urea groups is 1. The number of anilines is 2. The molecule has 1 aliphatic rings. The lowest BCUT2D eigenvalue weighted by atomic mass is 10.1. The quantitative estimate of drug-likeness (QED) is 0.616. The van der Waals surface area contributed by atoms with Gasteiger partial charge in [0, 0.05) is 36.9 Å². The fraction of sp³-hybridized carbons (Fsp3) is 0.318. The number of rotatable bonds is 2. The number of carbonyl (C=O) groups excluding carboxylic acids is 2. The van der Waals surface area contributed by atoms with Crippen molar-refractivity contribution in [2.24, 2.45) is 7.05 Å². The maximum atomic E-state index is 13.0. The van der Waals surface area contributed by atoms with Crippen LogP contribution in [0.25, 0.3) is 11.0 Å². The molecule has 4 rings (SSSR count). The minimum atomic E-state index is -0.555. The van der Waals surface area contributed by atoms with E-state index in [4.69, 9.17) is 4.74 Å². The lowest BCUT2D eigenvalue weighted by molar-refractivity contribution is 0.00695. The van der Waals surface area contributed by atoms with Crippen molar-refractivity contribution in [1.82, 2.24) is 9.55 Å². The molecule has 2 aromatic heterocycles. The maximum Gasteiger partial charge on any atom is 0.338 e. The number of aryl methyl sites for hydroxylation is 1. The van der Waals surface area contributed by atoms with Crippen molar-refractivity contribution in [2.45, 2.75) is 32.9 Å². The Bertz CT molecular complexity index is 1110. The van der Waals surface area contributed by atoms with Gasteiger partial charge in [0.25, 0.3) is 0 Å². The molecule has 3 aromatic rings. The van der Waals surface area contributed by atoms with Crippen LogP contribution in [0, 0.1) is 0 Å². The van der Waals surface area contributed by atoms with E-state index >= 15 is 0 Å². The highest BCUT2D eigenvalue weighted by Gasteiger charge is 2.31. The van der Waals surface area contributed by atoms with Crippen LogP contribution in [0.15, 0.2) is 42.7 Å². The van der Waals surface area contributed by atoms with Crippen molar-refractivity contribution in [1.29, 1.82) is 0 Å². The van der Waals surface area contributed by atoms with E-state index in [0.717, 1.165) is 28.0 Å². The Balaban J connectivity index is 1.67. The topological polar surface area (TPSA) is 67.7 Å². The second-order valence-corrected chi connectivity index (χ2v) is 8.26. The fourth-order valence-electron chi connectivity index (χ4n) is 3.54. The molecule has 0 atom stereocenters. The lowest BCUT2D eigenvalue weighted by Crippen LogP contribution is -2.45. The van der Waals surface area contributed by atoms with Crippen LogP contribution in [0.1, 0.15) is 36.7 Å². The molecule has 7 nitrogen and oxygen atoms in total. The molecule has 0 saturated carbocycles. The highest BCUT2D eigenvalue weighted by molar-refractivity contribution is 6.08. The first kappa shape index (κ1) is 19.0. The molecule has 0 saturated heterocycles. The number of hydrogen-bond acceptors (Lipinski definition) is 4. The molecule has 150 valence electrons. The van der Waals surface area contributed by atoms with Gasteiger partial charge >= 0.3 is 12.0 Å². The van der Waals surface area contributed by atoms with E-state index in [2.05, 4.69) is 4.98 Å². The number of esters is 1. The summed E-state index contributed by atoms with van der Waals surface area (Å²) in [5.41, 5.74) is 3.37. The molecule has 0 N–H and O–H groups in total. The third-order valence-electron chi connectivity index (χ3n) is 4.99. The Hall–Kier alpha value is -3.35. The zero-order valence-electron chi connectivity index (χ0n) is 17.3. The Kier molecular flexibility index (Phi) is 4.33. The molecule has 0 radical (unpaired) electrons. The molecule has 29 heavy (non-hydrogen) atoms. The Labute approximate surface area is 169 Å². The number of benzene rings is 1. The first-order valence-electron chi connectivity index (χ1n) is 9.47. The summed E-state index contributed by atoms with van der Waals surface area (Å²) < 4.78 is 7.37. The largest absolute Gasteiger partial charge is 0.456 e. The summed E-state index contributed by atoms with van der Waals surface area (Å²) in [6.45, 7) is 5.93. The zero-order chi connectivity index (χ0) is 20.9. The molecule has 0 aliphatic carbocycles. The van der Waals surface area contributed by atoms with E-state index in [1.54, 1.807) is 47.3 Å². The third kappa shape index (κ3) is 3.33. The number of ether oxygens (including phenoxy) is 1. The SMILES string of the molecule is CN1C(=O)N(c2ccc(C(=O)OC(C)(C)C)cc2)Cc2c1cnc1c2ccn1C. The minimum Gasteiger partial charge on any atom is -0.456 e. The zero-order valence-corrected chi connectivity index (χ0v) is 17.3. The van der Waals surface area contributed by atoms with Crippen LogP contribution in [0.3, 0.4) is 0 Å². The summed E-state index contributed by atoms with van der Waals surface area (Å²) in [5, 5.41) is 1.03. The molecule has 2 amide bonds. The van der Waals surface area contributed by atoms with Crippen molar-refractivity contribution >= 4 is 34.4 Å². The van der Waals surface area contributed by atoms with Gasteiger partial charge in [-0.2, -0.15) is 0 Å². The number of aromatic nitrogens is 2. The summed E-state index contributed by atoms with van der Waals surface area (Å²) in [6.07, 6.45) is 3.72. The summed E-state index contributed by atoms with van der Waals surface area (Å²) >= 11 is 0. The smallest absolute Gasteiger partial charge is 0.338 e. The molecule has 0 unspecified atom stereocenters. The van der Waals surface area contributed by atoms with Crippen LogP contribution in [0.2, 0.25) is 0 Å². The monoisotopic (exact) mass is 392 g/mol. The van der Waals surface area contributed by atoms with E-state index in [1.165, 1.54) is 0 Å². The van der Waals surface area contributed by atoms with Crippen LogP contribution in [-0.2, 0) is 18.3 Å². The molecule has 3 heterocycles. The van der Waals surface area contributed by atoms with Crippen LogP contribution in [0.5, 0.6) is 0 Å². The Morgan fingerprint density at radius 3 is 2.45 bits per heavy atom. The van der Waals surface area contributed by atoms with Gasteiger partial charge in [-0.05, 0) is 51.1 Å². The normalized spacial score (nSPS) is 14.3. The number of pyridine rings is 1. The van der Waals surface area contributed by atoms with Crippen LogP contribution >= 0.6 is 0 Å². The van der Waals surface area contributed by atoms with Gasteiger partial charge in [-0.15, -0.1) is 0 Å². The Morgan fingerprint density at radius 2 is 1.79 bits per heavy atom. The third-order valence-corrected chi connectivity index (χ3v) is 4.99. The van der Waals surface area contributed by atoms with E-state index in [0.29, 0.717) is 12.1 Å². The second kappa shape index (κ2) is 6.62. The lowest BCUT2D eigenvalue weighted by Gasteiger charge is -2.35. The first-order valence-corrected chi connectivity index (χ1v) is 9.47. The van der Waals surface area contributed by atoms with Gasteiger partial charge in [0.2, 0.25) is 0 Å². The second-order valence-electron chi connectivity index (χ2n) is 8.26. The van der Waals surface area contributed by atoms with Gasteiger partial charge in [-0.1, -0.05) is 0 Å². The van der Waals surface area contributed by atoms with Gasteiger partial charge in [0.1, 0.15) is 11.2 Å². The van der Waals surface area contributed by atoms with Crippen molar-refractivity contribution in [2.75, 3.05) is 16.8 Å². The summed E-state index contributed by atoms with van der Waals surface area (Å²) in [7, 11) is 3.70. The molecule has 1 aromatic carbocycles. The first-order chi connectivity index (χ1) is 13.7. The van der Waals surface area contributed by atoms with Crippen LogP contribution < -0.4 is 9.80 Å². The molecule has 0 spiro atoms. The predicted molar refractivity (Wildman–Crippen MR) is 112 cm³/mol. The highest BCUT2D eigenvalue weighted by atomic mass is 16.6. The average Bonchev–Trinajstić information content (AvgIpc) is 3.04. The molecule has 0 bridgehead atoms. The van der Waals surface area contributed by atoms with Crippen molar-refractivity contribution < 1.29 is 14.3 Å². The van der Waals surface area contributed by atoms with Crippen molar-refractivity contribution in [3.05, 3.63) is 53.9 Å².